The van der Waals surface area contributed by atoms with E-state index in [1.807, 2.05) is 25.2 Å². The number of hydrogen-bond donors (Lipinski definition) is 1. The number of aromatic hydroxyl groups is 1. The summed E-state index contributed by atoms with van der Waals surface area (Å²) in [6.07, 6.45) is 20.3. The van der Waals surface area contributed by atoms with E-state index in [0.717, 1.165) is 18.4 Å². The van der Waals surface area contributed by atoms with Gasteiger partial charge in [0.15, 0.2) is 11.4 Å². The second-order valence-corrected chi connectivity index (χ2v) is 9.32. The first kappa shape index (κ1) is 23.2. The third-order valence-corrected chi connectivity index (χ3v) is 7.33. The smallest absolute Gasteiger partial charge is 0.277 e. The van der Waals surface area contributed by atoms with Gasteiger partial charge < -0.3 is 14.7 Å². The minimum absolute atomic E-state index is 0.0131. The molecule has 182 valence electrons. The van der Waals surface area contributed by atoms with Crippen LogP contribution in [0.1, 0.15) is 30.3 Å². The van der Waals surface area contributed by atoms with Crippen LogP contribution in [-0.4, -0.2) is 53.1 Å². The van der Waals surface area contributed by atoms with Crippen molar-refractivity contribution in [3.05, 3.63) is 100 Å². The van der Waals surface area contributed by atoms with Crippen LogP contribution in [0.5, 0.6) is 5.75 Å². The maximum atomic E-state index is 13.4. The second-order valence-electron chi connectivity index (χ2n) is 9.32. The summed E-state index contributed by atoms with van der Waals surface area (Å²) in [6.45, 7) is 8.02. The van der Waals surface area contributed by atoms with E-state index in [0.29, 0.717) is 26.4 Å². The molecule has 7 nitrogen and oxygen atoms in total. The zero-order valence-electron chi connectivity index (χ0n) is 20.0. The molecule has 0 saturated heterocycles. The van der Waals surface area contributed by atoms with Gasteiger partial charge in [0.05, 0.1) is 19.3 Å². The first-order chi connectivity index (χ1) is 17.0. The minimum atomic E-state index is -0.570. The van der Waals surface area contributed by atoms with E-state index in [4.69, 9.17) is 4.74 Å². The normalized spacial score (nSPS) is 28.7. The fourth-order valence-electron chi connectivity index (χ4n) is 5.60. The molecule has 3 atom stereocenters. The monoisotopic (exact) mass is 473 g/mol. The van der Waals surface area contributed by atoms with Crippen molar-refractivity contribution in [1.29, 1.82) is 0 Å². The maximum Gasteiger partial charge on any atom is 0.277 e. The second kappa shape index (κ2) is 9.58. The van der Waals surface area contributed by atoms with Crippen LogP contribution in [0, 0.1) is 11.8 Å². The summed E-state index contributed by atoms with van der Waals surface area (Å²) in [4.78, 5) is 27.3. The highest BCUT2D eigenvalue weighted by molar-refractivity contribution is 5.96. The topological polar surface area (TPSA) is 75.0 Å². The van der Waals surface area contributed by atoms with Crippen LogP contribution in [0.3, 0.4) is 0 Å². The molecule has 1 fully saturated rings. The van der Waals surface area contributed by atoms with E-state index in [9.17, 15) is 14.7 Å². The summed E-state index contributed by atoms with van der Waals surface area (Å²) in [5.74, 6) is -0.569. The Hall–Kier alpha value is -3.58. The van der Waals surface area contributed by atoms with Crippen molar-refractivity contribution in [3.8, 4) is 5.75 Å². The summed E-state index contributed by atoms with van der Waals surface area (Å²) in [6, 6.07) is 1.11. The number of rotatable bonds is 1. The Labute approximate surface area is 205 Å². The molecule has 3 heterocycles. The Morgan fingerprint density at radius 2 is 2.14 bits per heavy atom. The molecule has 5 rings (SSSR count). The maximum absolute atomic E-state index is 13.4. The number of fused-ring (bicyclic) bond motifs is 5. The van der Waals surface area contributed by atoms with Gasteiger partial charge in [-0.15, -0.1) is 0 Å². The molecule has 0 spiro atoms. The van der Waals surface area contributed by atoms with Crippen LogP contribution in [0.25, 0.3) is 0 Å². The molecular weight excluding hydrogens is 442 g/mol. The molecule has 2 bridgehead atoms. The van der Waals surface area contributed by atoms with Crippen molar-refractivity contribution in [2.24, 2.45) is 11.8 Å². The number of carbonyl (C=O) groups is 1. The molecule has 35 heavy (non-hydrogen) atoms. The highest BCUT2D eigenvalue weighted by atomic mass is 16.5. The molecule has 1 N–H and O–H groups in total. The van der Waals surface area contributed by atoms with Crippen LogP contribution < -0.4 is 10.4 Å². The molecule has 0 aromatic carbocycles. The summed E-state index contributed by atoms with van der Waals surface area (Å²) in [5.41, 5.74) is 2.75. The molecule has 2 aliphatic heterocycles. The predicted molar refractivity (Wildman–Crippen MR) is 136 cm³/mol. The highest BCUT2D eigenvalue weighted by Gasteiger charge is 2.44. The van der Waals surface area contributed by atoms with Gasteiger partial charge in [0, 0.05) is 24.7 Å². The van der Waals surface area contributed by atoms with Gasteiger partial charge in [0.25, 0.3) is 5.91 Å². The van der Waals surface area contributed by atoms with Gasteiger partial charge in [-0.25, -0.2) is 0 Å². The van der Waals surface area contributed by atoms with Crippen molar-refractivity contribution >= 4 is 5.91 Å². The van der Waals surface area contributed by atoms with Crippen molar-refractivity contribution in [3.63, 3.8) is 0 Å². The number of nitrogens with zero attached hydrogens (tertiary/aromatic N) is 3. The third kappa shape index (κ3) is 4.10. The Morgan fingerprint density at radius 3 is 2.97 bits per heavy atom. The predicted octanol–water partition coefficient (Wildman–Crippen LogP) is 3.44. The van der Waals surface area contributed by atoms with Crippen LogP contribution in [0.4, 0.5) is 0 Å². The molecule has 2 aliphatic carbocycles. The SMILES string of the molecule is C=C1/C(=C\C=C/C)CCC2C=CC=C3/C=C\COCCN4CN([C@H]1C32)n1ccc(=O)c(O)c1C4=O. The highest BCUT2D eigenvalue weighted by Crippen LogP contribution is 2.44. The van der Waals surface area contributed by atoms with Crippen molar-refractivity contribution in [1.82, 2.24) is 9.58 Å². The van der Waals surface area contributed by atoms with E-state index >= 15 is 0 Å². The van der Waals surface area contributed by atoms with Crippen molar-refractivity contribution in [2.45, 2.75) is 25.8 Å². The lowest BCUT2D eigenvalue weighted by atomic mass is 9.75. The molecule has 1 amide bonds. The number of hydrogen-bond acceptors (Lipinski definition) is 5. The van der Waals surface area contributed by atoms with Gasteiger partial charge in [0.1, 0.15) is 6.67 Å². The van der Waals surface area contributed by atoms with E-state index in [-0.39, 0.29) is 29.5 Å². The van der Waals surface area contributed by atoms with E-state index < -0.39 is 11.2 Å². The zero-order valence-corrected chi connectivity index (χ0v) is 20.0. The number of aromatic nitrogens is 1. The lowest BCUT2D eigenvalue weighted by Crippen LogP contribution is -2.61. The van der Waals surface area contributed by atoms with Crippen LogP contribution >= 0.6 is 0 Å². The molecule has 1 saturated carbocycles. The fraction of sp³-hybridized carbons (Fsp3) is 0.357. The summed E-state index contributed by atoms with van der Waals surface area (Å²) >= 11 is 0. The largest absolute Gasteiger partial charge is 0.502 e. The van der Waals surface area contributed by atoms with Crippen LogP contribution in [-0.2, 0) is 4.74 Å². The molecular formula is C28H31N3O4. The summed E-state index contributed by atoms with van der Waals surface area (Å²) in [5, 5.41) is 12.8. The lowest BCUT2D eigenvalue weighted by Gasteiger charge is -2.48. The van der Waals surface area contributed by atoms with Gasteiger partial charge in [0.2, 0.25) is 5.43 Å². The first-order valence-corrected chi connectivity index (χ1v) is 12.2. The number of allylic oxidation sites excluding steroid dienone is 7. The Bertz CT molecular complexity index is 1250. The fourth-order valence-corrected chi connectivity index (χ4v) is 5.60. The Balaban J connectivity index is 1.74. The standard InChI is InChI=1S/C28H31N3O4/c1-3-4-7-20-11-12-22-9-5-8-21-10-6-16-35-17-15-29-18-31(25(19(20)2)24(21)22)30-14-13-23(32)27(33)26(30)28(29)34/h3-10,13-14,22,24-25,33H,2,11-12,15-18H2,1H3/b4-3-,10-6-,20-7-/t22?,24?,25-/m1/s1. The van der Waals surface area contributed by atoms with Crippen LogP contribution in [0.2, 0.25) is 0 Å². The lowest BCUT2D eigenvalue weighted by molar-refractivity contribution is 0.0580. The molecule has 0 radical (unpaired) electrons. The number of pyridine rings is 1. The van der Waals surface area contributed by atoms with Gasteiger partial charge in [-0.3, -0.25) is 19.3 Å². The minimum Gasteiger partial charge on any atom is -0.502 e. The molecule has 1 aromatic rings. The zero-order chi connectivity index (χ0) is 24.5. The third-order valence-electron chi connectivity index (χ3n) is 7.33. The van der Waals surface area contributed by atoms with Gasteiger partial charge in [-0.05, 0) is 42.4 Å². The van der Waals surface area contributed by atoms with E-state index in [2.05, 4.69) is 42.0 Å². The van der Waals surface area contributed by atoms with Gasteiger partial charge in [-0.2, -0.15) is 0 Å². The summed E-state index contributed by atoms with van der Waals surface area (Å²) < 4.78 is 7.42. The quantitative estimate of drug-likeness (QED) is 0.676. The molecule has 1 aromatic heterocycles. The average Bonchev–Trinajstić information content (AvgIpc) is 2.99. The first-order valence-electron chi connectivity index (χ1n) is 12.2. The number of ether oxygens (including phenoxy) is 1. The van der Waals surface area contributed by atoms with Crippen LogP contribution in [0.15, 0.2) is 89.0 Å². The number of amides is 1. The van der Waals surface area contributed by atoms with Gasteiger partial charge in [-0.1, -0.05) is 55.2 Å². The molecule has 4 aliphatic rings. The Morgan fingerprint density at radius 1 is 1.29 bits per heavy atom. The molecule has 7 heteroatoms. The van der Waals surface area contributed by atoms with E-state index in [1.165, 1.54) is 17.2 Å². The molecule has 2 unspecified atom stereocenters. The Kier molecular flexibility index (Phi) is 6.34. The summed E-state index contributed by atoms with van der Waals surface area (Å²) in [7, 11) is 0. The number of carbonyl (C=O) groups excluding carboxylic acids is 1. The average molecular weight is 474 g/mol. The van der Waals surface area contributed by atoms with E-state index in [1.54, 1.807) is 15.8 Å². The van der Waals surface area contributed by atoms with Crippen molar-refractivity contribution in [2.75, 3.05) is 31.4 Å². The van der Waals surface area contributed by atoms with Crippen molar-refractivity contribution < 1.29 is 14.6 Å². The van der Waals surface area contributed by atoms with Gasteiger partial charge >= 0.3 is 0 Å².